The Hall–Kier alpha value is -0.310. The second-order valence-corrected chi connectivity index (χ2v) is 4.43. The van der Waals surface area contributed by atoms with E-state index in [1.807, 2.05) is 0 Å². The monoisotopic (exact) mass is 258 g/mol. The zero-order chi connectivity index (χ0) is 11.2. The van der Waals surface area contributed by atoms with Crippen LogP contribution in [0.4, 0.5) is 30.7 Å². The Kier molecular flexibility index (Phi) is 2.60. The number of hydrogen-bond donors (Lipinski definition) is 0. The first-order valence-corrected chi connectivity index (χ1v) is 5.18. The van der Waals surface area contributed by atoms with Gasteiger partial charge < -0.3 is 0 Å². The van der Waals surface area contributed by atoms with E-state index in [0.717, 1.165) is 0 Å². The Balaban J connectivity index is 3.21. The van der Waals surface area contributed by atoms with Gasteiger partial charge in [-0.1, -0.05) is 20.7 Å². The van der Waals surface area contributed by atoms with E-state index in [1.165, 1.54) is 0 Å². The maximum atomic E-state index is 12.9. The molecule has 1 heterocycles. The zero-order valence-electron chi connectivity index (χ0n) is 6.04. The molecule has 1 rings (SSSR count). The van der Waals surface area contributed by atoms with Gasteiger partial charge in [0.15, 0.2) is 0 Å². The molecule has 0 unspecified atom stereocenters. The third kappa shape index (κ3) is 1.52. The van der Waals surface area contributed by atoms with Gasteiger partial charge in [0.1, 0.15) is 0 Å². The highest BCUT2D eigenvalue weighted by Gasteiger charge is 2.74. The Morgan fingerprint density at radius 1 is 0.857 bits per heavy atom. The third-order valence-corrected chi connectivity index (χ3v) is 3.69. The molecule has 0 spiro atoms. The summed E-state index contributed by atoms with van der Waals surface area (Å²) in [6.07, 6.45) is -12.0. The average molecular weight is 258 g/mol. The lowest BCUT2D eigenvalue weighted by Crippen LogP contribution is -2.50. The van der Waals surface area contributed by atoms with Crippen molar-refractivity contribution in [3.05, 3.63) is 10.3 Å². The van der Waals surface area contributed by atoms with Crippen molar-refractivity contribution in [2.24, 2.45) is 0 Å². The number of rotatable bonds is 1. The van der Waals surface area contributed by atoms with Gasteiger partial charge in [-0.25, -0.2) is 4.39 Å². The molecule has 0 aliphatic carbocycles. The second kappa shape index (κ2) is 3.09. The van der Waals surface area contributed by atoms with Crippen LogP contribution in [0, 0.1) is 0 Å². The second-order valence-electron chi connectivity index (χ2n) is 2.32. The van der Waals surface area contributed by atoms with Crippen molar-refractivity contribution < 1.29 is 30.7 Å². The van der Waals surface area contributed by atoms with Gasteiger partial charge in [-0.3, -0.25) is 0 Å². The fourth-order valence-corrected chi connectivity index (χ4v) is 2.30. The van der Waals surface area contributed by atoms with E-state index >= 15 is 0 Å². The molecule has 1 aromatic heterocycles. The lowest BCUT2D eigenvalue weighted by atomic mass is 10.0. The van der Waals surface area contributed by atoms with Crippen LogP contribution < -0.4 is 0 Å². The van der Waals surface area contributed by atoms with Crippen LogP contribution in [0.3, 0.4) is 0 Å². The van der Waals surface area contributed by atoms with E-state index < -0.39 is 22.9 Å². The van der Waals surface area contributed by atoms with E-state index in [1.54, 1.807) is 0 Å². The van der Waals surface area contributed by atoms with Crippen LogP contribution in [0.15, 0.2) is 5.38 Å². The third-order valence-electron chi connectivity index (χ3n) is 1.41. The molecule has 0 N–H and O–H groups in total. The molecule has 0 aliphatic rings. The van der Waals surface area contributed by atoms with Gasteiger partial charge in [0.05, 0.1) is 4.88 Å². The number of hydrogen-bond acceptors (Lipinski definition) is 2. The first-order chi connectivity index (χ1) is 6.11. The Morgan fingerprint density at radius 3 is 1.29 bits per heavy atom. The average Bonchev–Trinajstić information content (AvgIpc) is 1.77. The molecule has 14 heavy (non-hydrogen) atoms. The van der Waals surface area contributed by atoms with E-state index in [9.17, 15) is 30.7 Å². The molecule has 82 valence electrons. The molecule has 1 aromatic rings. The zero-order valence-corrected chi connectivity index (χ0v) is 7.67. The molecular formula is C5HF7S2. The van der Waals surface area contributed by atoms with Crippen LogP contribution >= 0.6 is 20.7 Å². The Bertz CT molecular complexity index is 279. The largest absolute Gasteiger partial charge is 0.436 e. The summed E-state index contributed by atoms with van der Waals surface area (Å²) in [7, 11) is 0.748. The molecule has 0 saturated carbocycles. The van der Waals surface area contributed by atoms with Gasteiger partial charge >= 0.3 is 18.0 Å². The van der Waals surface area contributed by atoms with Gasteiger partial charge in [-0.05, 0) is 0 Å². The smallest absolute Gasteiger partial charge is 0.217 e. The molecule has 0 amide bonds. The Morgan fingerprint density at radius 2 is 1.21 bits per heavy atom. The van der Waals surface area contributed by atoms with Crippen LogP contribution in [-0.4, -0.2) is 12.4 Å². The highest BCUT2D eigenvalue weighted by atomic mass is 32.9. The van der Waals surface area contributed by atoms with Crippen LogP contribution in [0.5, 0.6) is 0 Å². The molecule has 0 nitrogen and oxygen atoms in total. The topological polar surface area (TPSA) is 0 Å². The van der Waals surface area contributed by atoms with Crippen LogP contribution in [-0.2, 0) is 5.67 Å². The minimum atomic E-state index is -5.98. The molecule has 0 bridgehead atoms. The van der Waals surface area contributed by atoms with Crippen molar-refractivity contribution >= 4 is 20.7 Å². The predicted octanol–water partition coefficient (Wildman–Crippen LogP) is 4.10. The minimum absolute atomic E-state index is 0.129. The highest BCUT2D eigenvalue weighted by molar-refractivity contribution is 7.71. The highest BCUT2D eigenvalue weighted by Crippen LogP contribution is 2.55. The van der Waals surface area contributed by atoms with Gasteiger partial charge in [-0.15, -0.1) is 0 Å². The number of halogens is 7. The van der Waals surface area contributed by atoms with Crippen molar-refractivity contribution in [2.75, 3.05) is 0 Å². The molecule has 0 saturated heterocycles. The molecule has 0 fully saturated rings. The van der Waals surface area contributed by atoms with Gasteiger partial charge in [0, 0.05) is 5.38 Å². The summed E-state index contributed by atoms with van der Waals surface area (Å²) in [4.78, 5) is -1.36. The summed E-state index contributed by atoms with van der Waals surface area (Å²) < 4.78 is 84.4. The van der Waals surface area contributed by atoms with Gasteiger partial charge in [0.2, 0.25) is 0 Å². The summed E-state index contributed by atoms with van der Waals surface area (Å²) in [6, 6.07) is 0. The SMILES string of the molecule is FC(F)(F)C(F)(c1css1)C(F)(F)F. The van der Waals surface area contributed by atoms with Crippen molar-refractivity contribution in [3.8, 4) is 0 Å². The van der Waals surface area contributed by atoms with Gasteiger partial charge in [0.25, 0.3) is 0 Å². The van der Waals surface area contributed by atoms with Crippen LogP contribution in [0.25, 0.3) is 0 Å². The van der Waals surface area contributed by atoms with E-state index in [2.05, 4.69) is 0 Å². The first-order valence-electron chi connectivity index (χ1n) is 2.97. The lowest BCUT2D eigenvalue weighted by Gasteiger charge is -2.29. The van der Waals surface area contributed by atoms with Crippen molar-refractivity contribution in [1.82, 2.24) is 0 Å². The first kappa shape index (κ1) is 11.8. The standard InChI is InChI=1S/C5HF7S2/c6-3(4(7,8)9,5(10,11)12)2-1-13-14-2/h1H. The van der Waals surface area contributed by atoms with Crippen LogP contribution in [0.1, 0.15) is 4.88 Å². The molecule has 0 radical (unpaired) electrons. The molecule has 9 heteroatoms. The summed E-state index contributed by atoms with van der Waals surface area (Å²) in [5.74, 6) is 0. The molecular weight excluding hydrogens is 257 g/mol. The molecule has 0 aliphatic heterocycles. The normalized spacial score (nSPS) is 14.8. The molecule has 0 atom stereocenters. The van der Waals surface area contributed by atoms with Crippen molar-refractivity contribution in [2.45, 2.75) is 18.0 Å². The number of alkyl halides is 7. The quantitative estimate of drug-likeness (QED) is 0.525. The van der Waals surface area contributed by atoms with Crippen molar-refractivity contribution in [3.63, 3.8) is 0 Å². The van der Waals surface area contributed by atoms with E-state index in [-0.39, 0.29) is 10.3 Å². The predicted molar refractivity (Wildman–Crippen MR) is 37.1 cm³/mol. The summed E-state index contributed by atoms with van der Waals surface area (Å²) in [5, 5.41) is 0.506. The Labute approximate surface area is 80.3 Å². The summed E-state index contributed by atoms with van der Waals surface area (Å²) in [5.41, 5.74) is -5.23. The van der Waals surface area contributed by atoms with Crippen LogP contribution in [0.2, 0.25) is 0 Å². The maximum absolute atomic E-state index is 12.9. The fraction of sp³-hybridized carbons (Fsp3) is 0.600. The van der Waals surface area contributed by atoms with E-state index in [4.69, 9.17) is 0 Å². The minimum Gasteiger partial charge on any atom is -0.217 e. The summed E-state index contributed by atoms with van der Waals surface area (Å²) >= 11 is 0. The molecule has 0 aromatic carbocycles. The summed E-state index contributed by atoms with van der Waals surface area (Å²) in [6.45, 7) is 0. The lowest BCUT2D eigenvalue weighted by molar-refractivity contribution is -0.347. The van der Waals surface area contributed by atoms with Crippen molar-refractivity contribution in [1.29, 1.82) is 0 Å². The maximum Gasteiger partial charge on any atom is 0.436 e. The van der Waals surface area contributed by atoms with Gasteiger partial charge in [-0.2, -0.15) is 26.3 Å². The van der Waals surface area contributed by atoms with E-state index in [0.29, 0.717) is 15.7 Å². The fourth-order valence-electron chi connectivity index (χ4n) is 0.675.